The van der Waals surface area contributed by atoms with Crippen molar-refractivity contribution in [3.05, 3.63) is 71.1 Å². The number of aromatic amines is 1. The van der Waals surface area contributed by atoms with Crippen molar-refractivity contribution in [1.82, 2.24) is 4.98 Å². The third-order valence-electron chi connectivity index (χ3n) is 7.37. The highest BCUT2D eigenvalue weighted by molar-refractivity contribution is 6.04. The maximum Gasteiger partial charge on any atom is 0.306 e. The average Bonchev–Trinajstić information content (AvgIpc) is 3.57. The lowest BCUT2D eigenvalue weighted by atomic mass is 9.92. The molecule has 6 heteroatoms. The van der Waals surface area contributed by atoms with E-state index in [4.69, 9.17) is 4.42 Å². The molecule has 1 aliphatic rings. The van der Waals surface area contributed by atoms with Gasteiger partial charge in [-0.1, -0.05) is 54.8 Å². The van der Waals surface area contributed by atoms with Crippen LogP contribution in [0.5, 0.6) is 0 Å². The van der Waals surface area contributed by atoms with Crippen LogP contribution >= 0.6 is 0 Å². The lowest BCUT2D eigenvalue weighted by Crippen LogP contribution is -2.19. The SMILES string of the molecule is O=C(O)[C@H](CCCCCCc1c[nH]c2ccccc12)CC(=NO)c1ccc2c3c(oc2c1)CCC3. The van der Waals surface area contributed by atoms with E-state index >= 15 is 0 Å². The van der Waals surface area contributed by atoms with Crippen molar-refractivity contribution in [3.8, 4) is 0 Å². The van der Waals surface area contributed by atoms with Gasteiger partial charge in [0.05, 0.1) is 11.6 Å². The Kier molecular flexibility index (Phi) is 6.89. The van der Waals surface area contributed by atoms with Crippen molar-refractivity contribution in [3.63, 3.8) is 0 Å². The van der Waals surface area contributed by atoms with E-state index in [0.29, 0.717) is 12.1 Å². The van der Waals surface area contributed by atoms with Crippen molar-refractivity contribution in [2.24, 2.45) is 11.1 Å². The average molecular weight is 473 g/mol. The summed E-state index contributed by atoms with van der Waals surface area (Å²) in [5.41, 5.74) is 5.69. The predicted molar refractivity (Wildman–Crippen MR) is 137 cm³/mol. The number of aromatic nitrogens is 1. The Morgan fingerprint density at radius 3 is 2.77 bits per heavy atom. The molecule has 1 aliphatic carbocycles. The highest BCUT2D eigenvalue weighted by Crippen LogP contribution is 2.33. The fraction of sp³-hybridized carbons (Fsp3) is 0.379. The lowest BCUT2D eigenvalue weighted by molar-refractivity contribution is -0.141. The quantitative estimate of drug-likeness (QED) is 0.0960. The van der Waals surface area contributed by atoms with Crippen molar-refractivity contribution >= 4 is 33.6 Å². The summed E-state index contributed by atoms with van der Waals surface area (Å²) >= 11 is 0. The van der Waals surface area contributed by atoms with Crippen LogP contribution in [0, 0.1) is 5.92 Å². The molecule has 2 aromatic carbocycles. The fourth-order valence-electron chi connectivity index (χ4n) is 5.44. The maximum absolute atomic E-state index is 11.9. The van der Waals surface area contributed by atoms with Crippen LogP contribution in [0.3, 0.4) is 0 Å². The third-order valence-corrected chi connectivity index (χ3v) is 7.37. The van der Waals surface area contributed by atoms with Gasteiger partial charge in [-0.05, 0) is 49.8 Å². The lowest BCUT2D eigenvalue weighted by Gasteiger charge is -2.13. The second-order valence-electron chi connectivity index (χ2n) is 9.67. The summed E-state index contributed by atoms with van der Waals surface area (Å²) in [5, 5.41) is 25.3. The molecular weight excluding hydrogens is 440 g/mol. The monoisotopic (exact) mass is 472 g/mol. The Bertz CT molecular complexity index is 1360. The summed E-state index contributed by atoms with van der Waals surface area (Å²) < 4.78 is 6.00. The number of furan rings is 1. The van der Waals surface area contributed by atoms with Crippen LogP contribution in [0.15, 0.2) is 58.2 Å². The van der Waals surface area contributed by atoms with E-state index in [1.54, 1.807) is 0 Å². The first-order chi connectivity index (χ1) is 17.1. The molecule has 182 valence electrons. The van der Waals surface area contributed by atoms with Crippen LogP contribution in [-0.2, 0) is 24.1 Å². The van der Waals surface area contributed by atoms with E-state index in [9.17, 15) is 15.1 Å². The van der Waals surface area contributed by atoms with E-state index in [1.807, 2.05) is 24.3 Å². The molecule has 0 saturated heterocycles. The molecule has 0 spiro atoms. The van der Waals surface area contributed by atoms with Gasteiger partial charge < -0.3 is 19.7 Å². The second-order valence-corrected chi connectivity index (χ2v) is 9.67. The molecule has 5 rings (SSSR count). The summed E-state index contributed by atoms with van der Waals surface area (Å²) in [4.78, 5) is 15.3. The Hall–Kier alpha value is -3.54. The number of para-hydroxylation sites is 1. The van der Waals surface area contributed by atoms with Gasteiger partial charge in [-0.15, -0.1) is 0 Å². The highest BCUT2D eigenvalue weighted by Gasteiger charge is 2.23. The third kappa shape index (κ3) is 4.97. The number of rotatable bonds is 11. The summed E-state index contributed by atoms with van der Waals surface area (Å²) in [6, 6.07) is 14.1. The van der Waals surface area contributed by atoms with Gasteiger partial charge in [0.1, 0.15) is 11.3 Å². The minimum absolute atomic E-state index is 0.201. The van der Waals surface area contributed by atoms with Gasteiger partial charge in [-0.25, -0.2) is 0 Å². The molecule has 0 fully saturated rings. The molecule has 0 unspecified atom stereocenters. The Morgan fingerprint density at radius 1 is 1.06 bits per heavy atom. The smallest absolute Gasteiger partial charge is 0.306 e. The molecule has 0 saturated carbocycles. The largest absolute Gasteiger partial charge is 0.481 e. The Balaban J connectivity index is 1.13. The molecule has 4 aromatic rings. The molecule has 0 radical (unpaired) electrons. The van der Waals surface area contributed by atoms with Gasteiger partial charge in [-0.3, -0.25) is 4.79 Å². The molecule has 6 nitrogen and oxygen atoms in total. The maximum atomic E-state index is 11.9. The van der Waals surface area contributed by atoms with Crippen LogP contribution in [0.2, 0.25) is 0 Å². The van der Waals surface area contributed by atoms with Crippen LogP contribution in [0.1, 0.15) is 67.4 Å². The van der Waals surface area contributed by atoms with Crippen LogP contribution < -0.4 is 0 Å². The van der Waals surface area contributed by atoms with Crippen molar-refractivity contribution in [1.29, 1.82) is 0 Å². The van der Waals surface area contributed by atoms with E-state index in [0.717, 1.165) is 73.7 Å². The number of carboxylic acids is 1. The Morgan fingerprint density at radius 2 is 1.91 bits per heavy atom. The number of carbonyl (C=O) groups is 1. The molecule has 0 bridgehead atoms. The summed E-state index contributed by atoms with van der Waals surface area (Å²) in [6.45, 7) is 0. The van der Waals surface area contributed by atoms with E-state index in [-0.39, 0.29) is 6.42 Å². The summed E-state index contributed by atoms with van der Waals surface area (Å²) in [6.07, 6.45) is 11.0. The van der Waals surface area contributed by atoms with Crippen LogP contribution in [0.25, 0.3) is 21.9 Å². The van der Waals surface area contributed by atoms with Crippen molar-refractivity contribution < 1.29 is 19.5 Å². The first-order valence-electron chi connectivity index (χ1n) is 12.7. The van der Waals surface area contributed by atoms with Gasteiger partial charge in [-0.2, -0.15) is 0 Å². The van der Waals surface area contributed by atoms with Crippen LogP contribution in [0.4, 0.5) is 0 Å². The molecule has 2 aromatic heterocycles. The molecule has 2 heterocycles. The number of oxime groups is 1. The summed E-state index contributed by atoms with van der Waals surface area (Å²) in [5.74, 6) is -0.373. The van der Waals surface area contributed by atoms with E-state index < -0.39 is 11.9 Å². The number of H-pyrrole nitrogens is 1. The minimum Gasteiger partial charge on any atom is -0.481 e. The number of hydrogen-bond donors (Lipinski definition) is 3. The number of unbranched alkanes of at least 4 members (excludes halogenated alkanes) is 3. The first-order valence-corrected chi connectivity index (χ1v) is 12.7. The number of carboxylic acid groups (broad SMARTS) is 1. The number of nitrogens with zero attached hydrogens (tertiary/aromatic N) is 1. The van der Waals surface area contributed by atoms with Gasteiger partial charge in [0.2, 0.25) is 0 Å². The molecule has 35 heavy (non-hydrogen) atoms. The molecular formula is C29H32N2O4. The number of nitrogens with one attached hydrogen (secondary N) is 1. The van der Waals surface area contributed by atoms with E-state index in [2.05, 4.69) is 34.5 Å². The standard InChI is InChI=1S/C29H32N2O4/c32-29(33)20(8-3-1-2-4-9-21-18-30-25-12-6-5-10-22(21)25)16-26(31-34)19-14-15-24-23-11-7-13-27(23)35-28(24)17-19/h5-6,10,12,14-15,17-18,20,30,34H,1-4,7-9,11,13,16H2,(H,32,33)/t20-/m1/s1. The van der Waals surface area contributed by atoms with E-state index in [1.165, 1.54) is 22.0 Å². The number of aryl methyl sites for hydroxylation is 3. The summed E-state index contributed by atoms with van der Waals surface area (Å²) in [7, 11) is 0. The normalized spacial score (nSPS) is 14.6. The first kappa shape index (κ1) is 23.2. The molecule has 0 aliphatic heterocycles. The van der Waals surface area contributed by atoms with Crippen molar-refractivity contribution in [2.75, 3.05) is 0 Å². The Labute approximate surface area is 204 Å². The van der Waals surface area contributed by atoms with Crippen molar-refractivity contribution in [2.45, 2.75) is 64.2 Å². The molecule has 3 N–H and O–H groups in total. The zero-order valence-electron chi connectivity index (χ0n) is 19.9. The highest BCUT2D eigenvalue weighted by atomic mass is 16.4. The second kappa shape index (κ2) is 10.4. The fourth-order valence-corrected chi connectivity index (χ4v) is 5.44. The molecule has 1 atom stereocenters. The number of aliphatic carboxylic acids is 1. The van der Waals surface area contributed by atoms with Crippen LogP contribution in [-0.4, -0.2) is 27.0 Å². The van der Waals surface area contributed by atoms with Gasteiger partial charge >= 0.3 is 5.97 Å². The van der Waals surface area contributed by atoms with Gasteiger partial charge in [0.15, 0.2) is 0 Å². The number of benzene rings is 2. The number of hydrogen-bond acceptors (Lipinski definition) is 4. The molecule has 0 amide bonds. The zero-order valence-corrected chi connectivity index (χ0v) is 19.9. The predicted octanol–water partition coefficient (Wildman–Crippen LogP) is 6.87. The van der Waals surface area contributed by atoms with Gasteiger partial charge in [0.25, 0.3) is 0 Å². The van der Waals surface area contributed by atoms with Gasteiger partial charge in [0, 0.05) is 46.5 Å². The minimum atomic E-state index is -0.844. The number of fused-ring (bicyclic) bond motifs is 4. The zero-order chi connectivity index (χ0) is 24.2. The topological polar surface area (TPSA) is 98.8 Å².